The lowest BCUT2D eigenvalue weighted by atomic mass is 9.97. The quantitative estimate of drug-likeness (QED) is 0.156. The lowest BCUT2D eigenvalue weighted by Gasteiger charge is -2.55. The van der Waals surface area contributed by atoms with Gasteiger partial charge in [-0.25, -0.2) is 4.79 Å². The second kappa shape index (κ2) is 12.8. The van der Waals surface area contributed by atoms with Gasteiger partial charge in [-0.1, -0.05) is 66.7 Å². The smallest absolute Gasteiger partial charge is 0.356 e. The molecule has 1 aromatic heterocycles. The van der Waals surface area contributed by atoms with Gasteiger partial charge in [-0.05, 0) is 22.6 Å². The highest BCUT2D eigenvalue weighted by Crippen LogP contribution is 2.47. The van der Waals surface area contributed by atoms with Gasteiger partial charge in [0.15, 0.2) is 11.5 Å². The van der Waals surface area contributed by atoms with Crippen molar-refractivity contribution in [3.05, 3.63) is 105 Å². The van der Waals surface area contributed by atoms with Crippen LogP contribution in [0.2, 0.25) is 0 Å². The van der Waals surface area contributed by atoms with Gasteiger partial charge in [0, 0.05) is 30.1 Å². The lowest BCUT2D eigenvalue weighted by Crippen LogP contribution is -2.81. The summed E-state index contributed by atoms with van der Waals surface area (Å²) in [5, 5.41) is 3.47. The van der Waals surface area contributed by atoms with Crippen molar-refractivity contribution >= 4 is 52.8 Å². The van der Waals surface area contributed by atoms with E-state index in [1.165, 1.54) is 30.0 Å². The van der Waals surface area contributed by atoms with E-state index in [-0.39, 0.29) is 24.5 Å². The normalized spacial score (nSPS) is 19.3. The fourth-order valence-electron chi connectivity index (χ4n) is 4.91. The molecule has 2 aliphatic rings. The van der Waals surface area contributed by atoms with Gasteiger partial charge in [-0.2, -0.15) is 0 Å². The molecule has 0 saturated carbocycles. The highest BCUT2D eigenvalue weighted by molar-refractivity contribution is 8.00. The van der Waals surface area contributed by atoms with Crippen molar-refractivity contribution < 1.29 is 38.2 Å². The molecule has 2 aliphatic heterocycles. The van der Waals surface area contributed by atoms with Crippen molar-refractivity contribution in [2.45, 2.75) is 37.5 Å². The third-order valence-electron chi connectivity index (χ3n) is 6.73. The van der Waals surface area contributed by atoms with Gasteiger partial charge in [0.05, 0.1) is 6.42 Å². The van der Waals surface area contributed by atoms with E-state index in [9.17, 15) is 24.0 Å². The molecule has 5 rings (SSSR count). The number of carbonyl (C=O) groups is 5. The van der Waals surface area contributed by atoms with Crippen molar-refractivity contribution in [1.29, 1.82) is 0 Å². The molecule has 1 saturated heterocycles. The summed E-state index contributed by atoms with van der Waals surface area (Å²) in [4.78, 5) is 66.6. The Labute approximate surface area is 256 Å². The number of ether oxygens (including phenoxy) is 3. The Morgan fingerprint density at radius 2 is 1.60 bits per heavy atom. The molecule has 0 aliphatic carbocycles. The average molecular weight is 621 g/mol. The monoisotopic (exact) mass is 620 g/mol. The largest absolute Gasteiger partial charge is 0.461 e. The van der Waals surface area contributed by atoms with E-state index in [2.05, 4.69) is 5.32 Å². The number of benzene rings is 2. The number of nitrogens with one attached hydrogen (secondary N) is 1. The van der Waals surface area contributed by atoms with Crippen LogP contribution in [0.5, 0.6) is 0 Å². The third-order valence-corrected chi connectivity index (χ3v) is 8.98. The number of carbonyl (C=O) groups excluding carboxylic acids is 5. The second-order valence-electron chi connectivity index (χ2n) is 9.81. The van der Waals surface area contributed by atoms with Crippen LogP contribution in [-0.2, 0) is 44.6 Å². The third kappa shape index (κ3) is 6.35. The van der Waals surface area contributed by atoms with Crippen molar-refractivity contribution in [2.75, 3.05) is 12.4 Å². The molecule has 1 N–H and O–H groups in total. The summed E-state index contributed by atoms with van der Waals surface area (Å²) in [7, 11) is 0. The standard InChI is InChI=1S/C31H28N2O8S2/c1-19(34)39-17-23-18-43-30-31(41-20(2)35,32-25(36)16-24-14-9-15-42-24)29(38)33(30)26(23)28(37)40-27(21-10-5-3-6-11-21)22-12-7-4-8-13-22/h3-15,27,30H,16-18H2,1-2H3,(H,32,36)/t30-,31+/m1/s1. The molecule has 1 fully saturated rings. The number of rotatable bonds is 10. The van der Waals surface area contributed by atoms with E-state index in [1.807, 2.05) is 66.0 Å². The van der Waals surface area contributed by atoms with Crippen LogP contribution in [0.4, 0.5) is 0 Å². The van der Waals surface area contributed by atoms with Crippen LogP contribution < -0.4 is 5.32 Å². The van der Waals surface area contributed by atoms with E-state index in [1.54, 1.807) is 12.1 Å². The van der Waals surface area contributed by atoms with Crippen molar-refractivity contribution in [2.24, 2.45) is 0 Å². The van der Waals surface area contributed by atoms with E-state index < -0.39 is 46.9 Å². The number of nitrogens with zero attached hydrogens (tertiary/aromatic N) is 1. The maximum atomic E-state index is 14.0. The number of thiophene rings is 1. The maximum Gasteiger partial charge on any atom is 0.356 e. The lowest BCUT2D eigenvalue weighted by molar-refractivity contribution is -0.202. The van der Waals surface area contributed by atoms with Crippen LogP contribution in [0.1, 0.15) is 36.0 Å². The topological polar surface area (TPSA) is 128 Å². The molecular weight excluding hydrogens is 592 g/mol. The molecule has 2 aromatic carbocycles. The first-order valence-electron chi connectivity index (χ1n) is 13.3. The molecule has 222 valence electrons. The van der Waals surface area contributed by atoms with Crippen LogP contribution in [0.25, 0.3) is 0 Å². The Hall–Kier alpha value is -4.42. The zero-order chi connectivity index (χ0) is 30.6. The van der Waals surface area contributed by atoms with Gasteiger partial charge in [0.25, 0.3) is 11.6 Å². The van der Waals surface area contributed by atoms with E-state index in [0.29, 0.717) is 16.7 Å². The number of hydrogen-bond donors (Lipinski definition) is 1. The van der Waals surface area contributed by atoms with Crippen molar-refractivity contribution in [3.8, 4) is 0 Å². The average Bonchev–Trinajstić information content (AvgIpc) is 3.51. The van der Waals surface area contributed by atoms with Gasteiger partial charge < -0.3 is 19.5 Å². The van der Waals surface area contributed by atoms with Crippen LogP contribution in [-0.4, -0.2) is 58.1 Å². The fraction of sp³-hybridized carbons (Fsp3) is 0.258. The summed E-state index contributed by atoms with van der Waals surface area (Å²) in [5.41, 5.74) is -0.396. The molecular formula is C31H28N2O8S2. The predicted molar refractivity (Wildman–Crippen MR) is 158 cm³/mol. The first kappa shape index (κ1) is 30.1. The minimum atomic E-state index is -2.03. The molecule has 0 unspecified atom stereocenters. The highest BCUT2D eigenvalue weighted by atomic mass is 32.2. The minimum Gasteiger partial charge on any atom is -0.461 e. The number of hydrogen-bond acceptors (Lipinski definition) is 10. The number of amides is 2. The Morgan fingerprint density at radius 3 is 2.16 bits per heavy atom. The first-order chi connectivity index (χ1) is 20.7. The Bertz CT molecular complexity index is 1520. The SMILES string of the molecule is CC(=O)OCC1=C(C(=O)OC(c2ccccc2)c2ccccc2)N2C(=O)[C@](NC(=O)Cc3cccs3)(OC(C)=O)[C@H]2SC1. The Morgan fingerprint density at radius 1 is 0.953 bits per heavy atom. The van der Waals surface area contributed by atoms with Gasteiger partial charge in [0.1, 0.15) is 12.3 Å². The molecule has 2 amide bonds. The highest BCUT2D eigenvalue weighted by Gasteiger charge is 2.69. The van der Waals surface area contributed by atoms with E-state index in [0.717, 1.165) is 16.7 Å². The summed E-state index contributed by atoms with van der Waals surface area (Å²) >= 11 is 2.54. The number of esters is 3. The summed E-state index contributed by atoms with van der Waals surface area (Å²) in [6.45, 7) is 2.12. The van der Waals surface area contributed by atoms with E-state index in [4.69, 9.17) is 14.2 Å². The molecule has 3 heterocycles. The van der Waals surface area contributed by atoms with Crippen molar-refractivity contribution in [3.63, 3.8) is 0 Å². The second-order valence-corrected chi connectivity index (χ2v) is 11.9. The number of fused-ring (bicyclic) bond motifs is 1. The number of thioether (sulfide) groups is 1. The molecule has 43 heavy (non-hydrogen) atoms. The summed E-state index contributed by atoms with van der Waals surface area (Å²) in [6.07, 6.45) is -0.839. The zero-order valence-electron chi connectivity index (χ0n) is 23.3. The van der Waals surface area contributed by atoms with Gasteiger partial charge >= 0.3 is 17.9 Å². The van der Waals surface area contributed by atoms with Crippen molar-refractivity contribution in [1.82, 2.24) is 10.2 Å². The van der Waals surface area contributed by atoms with Crippen LogP contribution in [0.15, 0.2) is 89.4 Å². The molecule has 0 spiro atoms. The molecule has 10 nitrogen and oxygen atoms in total. The summed E-state index contributed by atoms with van der Waals surface area (Å²) in [6, 6.07) is 21.8. The molecule has 0 radical (unpaired) electrons. The number of β-lactam (4-membered cyclic amide) rings is 1. The maximum absolute atomic E-state index is 14.0. The fourth-order valence-corrected chi connectivity index (χ4v) is 6.98. The van der Waals surface area contributed by atoms with Gasteiger partial charge in [-0.3, -0.25) is 24.1 Å². The Kier molecular flexibility index (Phi) is 8.97. The van der Waals surface area contributed by atoms with E-state index >= 15 is 0 Å². The zero-order valence-corrected chi connectivity index (χ0v) is 24.9. The molecule has 3 aromatic rings. The first-order valence-corrected chi connectivity index (χ1v) is 15.3. The minimum absolute atomic E-state index is 0.0242. The van der Waals surface area contributed by atoms with Gasteiger partial charge in [0.2, 0.25) is 5.91 Å². The molecule has 12 heteroatoms. The predicted octanol–water partition coefficient (Wildman–Crippen LogP) is 3.73. The summed E-state index contributed by atoms with van der Waals surface area (Å²) in [5.74, 6) is -3.38. The van der Waals surface area contributed by atoms with Crippen LogP contribution in [0.3, 0.4) is 0 Å². The molecule has 2 atom stereocenters. The van der Waals surface area contributed by atoms with Crippen LogP contribution >= 0.6 is 23.1 Å². The summed E-state index contributed by atoms with van der Waals surface area (Å²) < 4.78 is 16.8. The van der Waals surface area contributed by atoms with Crippen LogP contribution in [0, 0.1) is 0 Å². The Balaban J connectivity index is 1.48. The van der Waals surface area contributed by atoms with Gasteiger partial charge in [-0.15, -0.1) is 23.1 Å². The molecule has 0 bridgehead atoms.